The van der Waals surface area contributed by atoms with Crippen molar-refractivity contribution in [3.63, 3.8) is 0 Å². The molecule has 24 heavy (non-hydrogen) atoms. The molecular weight excluding hydrogens is 302 g/mol. The van der Waals surface area contributed by atoms with Crippen LogP contribution in [0.1, 0.15) is 17.4 Å². The maximum Gasteiger partial charge on any atom is 0.269 e. The van der Waals surface area contributed by atoms with Crippen molar-refractivity contribution in [3.8, 4) is 11.3 Å². The van der Waals surface area contributed by atoms with Crippen LogP contribution in [0.2, 0.25) is 0 Å². The Labute approximate surface area is 142 Å². The first-order valence-corrected chi connectivity index (χ1v) is 8.60. The van der Waals surface area contributed by atoms with E-state index >= 15 is 0 Å². The molecule has 2 N–H and O–H groups in total. The van der Waals surface area contributed by atoms with Crippen LogP contribution in [-0.2, 0) is 0 Å². The third kappa shape index (κ3) is 4.21. The third-order valence-corrected chi connectivity index (χ3v) is 4.52. The van der Waals surface area contributed by atoms with Crippen molar-refractivity contribution < 1.29 is 4.79 Å². The monoisotopic (exact) mass is 327 g/mol. The van der Waals surface area contributed by atoms with E-state index in [1.165, 1.54) is 0 Å². The van der Waals surface area contributed by atoms with Gasteiger partial charge in [-0.05, 0) is 12.6 Å². The lowest BCUT2D eigenvalue weighted by atomic mass is 10.1. The smallest absolute Gasteiger partial charge is 0.269 e. The van der Waals surface area contributed by atoms with E-state index in [1.54, 1.807) is 6.07 Å². The van der Waals surface area contributed by atoms with E-state index in [0.29, 0.717) is 12.2 Å². The van der Waals surface area contributed by atoms with Gasteiger partial charge < -0.3 is 10.2 Å². The number of benzene rings is 1. The van der Waals surface area contributed by atoms with Gasteiger partial charge >= 0.3 is 0 Å². The Morgan fingerprint density at radius 1 is 1.17 bits per heavy atom. The predicted molar refractivity (Wildman–Crippen MR) is 94.9 cm³/mol. The number of nitrogens with zero attached hydrogens (tertiary/aromatic N) is 3. The fourth-order valence-corrected chi connectivity index (χ4v) is 2.95. The highest BCUT2D eigenvalue weighted by atomic mass is 16.1. The molecule has 1 amide bonds. The number of hydrogen-bond donors (Lipinski definition) is 2. The minimum Gasteiger partial charge on any atom is -0.349 e. The van der Waals surface area contributed by atoms with Crippen LogP contribution in [0.4, 0.5) is 0 Å². The number of nitrogens with one attached hydrogen (secondary N) is 2. The van der Waals surface area contributed by atoms with Crippen LogP contribution >= 0.6 is 0 Å². The van der Waals surface area contributed by atoms with E-state index in [0.717, 1.165) is 50.5 Å². The van der Waals surface area contributed by atoms with Crippen LogP contribution in [0.15, 0.2) is 36.4 Å². The molecule has 128 valence electrons. The molecule has 0 saturated carbocycles. The van der Waals surface area contributed by atoms with Gasteiger partial charge in [0, 0.05) is 44.8 Å². The number of hydrogen-bond acceptors (Lipinski definition) is 4. The maximum atomic E-state index is 12.2. The SMILES string of the molecule is CCN1CCN(CCNC(=O)c2cc(-c3ccccc3)n[nH]2)CC1. The number of aromatic nitrogens is 2. The number of carbonyl (C=O) groups excluding carboxylic acids is 1. The molecule has 1 aliphatic heterocycles. The van der Waals surface area contributed by atoms with Crippen molar-refractivity contribution in [1.82, 2.24) is 25.3 Å². The summed E-state index contributed by atoms with van der Waals surface area (Å²) < 4.78 is 0. The Kier molecular flexibility index (Phi) is 5.61. The average Bonchev–Trinajstić information content (AvgIpc) is 3.13. The molecule has 1 aliphatic rings. The zero-order valence-corrected chi connectivity index (χ0v) is 14.2. The zero-order chi connectivity index (χ0) is 16.8. The Morgan fingerprint density at radius 3 is 2.58 bits per heavy atom. The number of aromatic amines is 1. The lowest BCUT2D eigenvalue weighted by Crippen LogP contribution is -2.48. The highest BCUT2D eigenvalue weighted by Crippen LogP contribution is 2.16. The second-order valence-electron chi connectivity index (χ2n) is 6.06. The molecule has 0 radical (unpaired) electrons. The minimum atomic E-state index is -0.100. The summed E-state index contributed by atoms with van der Waals surface area (Å²) in [5.74, 6) is -0.100. The summed E-state index contributed by atoms with van der Waals surface area (Å²) in [7, 11) is 0. The predicted octanol–water partition coefficient (Wildman–Crippen LogP) is 1.44. The van der Waals surface area contributed by atoms with Crippen LogP contribution in [0.5, 0.6) is 0 Å². The molecule has 2 heterocycles. The average molecular weight is 327 g/mol. The molecule has 6 nitrogen and oxygen atoms in total. The summed E-state index contributed by atoms with van der Waals surface area (Å²) >= 11 is 0. The normalized spacial score (nSPS) is 16.2. The van der Waals surface area contributed by atoms with E-state index in [1.807, 2.05) is 30.3 Å². The van der Waals surface area contributed by atoms with Gasteiger partial charge in [0.05, 0.1) is 5.69 Å². The quantitative estimate of drug-likeness (QED) is 0.843. The summed E-state index contributed by atoms with van der Waals surface area (Å²) in [6.07, 6.45) is 0. The fraction of sp³-hybridized carbons (Fsp3) is 0.444. The maximum absolute atomic E-state index is 12.2. The summed E-state index contributed by atoms with van der Waals surface area (Å²) in [6, 6.07) is 11.6. The highest BCUT2D eigenvalue weighted by Gasteiger charge is 2.16. The summed E-state index contributed by atoms with van der Waals surface area (Å²) in [5, 5.41) is 10.0. The van der Waals surface area contributed by atoms with Crippen LogP contribution in [0.25, 0.3) is 11.3 Å². The molecule has 1 aromatic heterocycles. The molecule has 0 aliphatic carbocycles. The van der Waals surface area contributed by atoms with Gasteiger partial charge in [-0.25, -0.2) is 0 Å². The van der Waals surface area contributed by atoms with Gasteiger partial charge in [0.1, 0.15) is 5.69 Å². The van der Waals surface area contributed by atoms with Crippen LogP contribution in [-0.4, -0.2) is 71.7 Å². The lowest BCUT2D eigenvalue weighted by molar-refractivity contribution is 0.0933. The van der Waals surface area contributed by atoms with E-state index in [-0.39, 0.29) is 5.91 Å². The van der Waals surface area contributed by atoms with Crippen LogP contribution < -0.4 is 5.32 Å². The van der Waals surface area contributed by atoms with Crippen molar-refractivity contribution in [2.24, 2.45) is 0 Å². The van der Waals surface area contributed by atoms with Crippen molar-refractivity contribution in [3.05, 3.63) is 42.1 Å². The number of H-pyrrole nitrogens is 1. The lowest BCUT2D eigenvalue weighted by Gasteiger charge is -2.33. The summed E-state index contributed by atoms with van der Waals surface area (Å²) in [5.41, 5.74) is 2.29. The van der Waals surface area contributed by atoms with Gasteiger partial charge in [-0.1, -0.05) is 37.3 Å². The molecule has 2 aromatic rings. The Morgan fingerprint density at radius 2 is 1.88 bits per heavy atom. The first-order chi connectivity index (χ1) is 11.8. The third-order valence-electron chi connectivity index (χ3n) is 4.52. The Bertz CT molecular complexity index is 646. The fourth-order valence-electron chi connectivity index (χ4n) is 2.95. The number of rotatable bonds is 6. The first-order valence-electron chi connectivity index (χ1n) is 8.60. The minimum absolute atomic E-state index is 0.100. The molecule has 0 bridgehead atoms. The van der Waals surface area contributed by atoms with E-state index < -0.39 is 0 Å². The zero-order valence-electron chi connectivity index (χ0n) is 14.2. The van der Waals surface area contributed by atoms with Gasteiger partial charge in [0.15, 0.2) is 0 Å². The molecule has 0 spiro atoms. The standard InChI is InChI=1S/C18H25N5O/c1-2-22-10-12-23(13-11-22)9-8-19-18(24)17-14-16(20-21-17)15-6-4-3-5-7-15/h3-7,14H,2,8-13H2,1H3,(H,19,24)(H,20,21). The van der Waals surface area contributed by atoms with Gasteiger partial charge in [0.25, 0.3) is 5.91 Å². The number of amides is 1. The molecule has 0 unspecified atom stereocenters. The van der Waals surface area contributed by atoms with E-state index in [4.69, 9.17) is 0 Å². The Hall–Kier alpha value is -2.18. The van der Waals surface area contributed by atoms with Gasteiger partial charge in [-0.2, -0.15) is 5.10 Å². The number of carbonyl (C=O) groups is 1. The van der Waals surface area contributed by atoms with Gasteiger partial charge in [-0.3, -0.25) is 14.8 Å². The second kappa shape index (κ2) is 8.08. The molecule has 0 atom stereocenters. The largest absolute Gasteiger partial charge is 0.349 e. The highest BCUT2D eigenvalue weighted by molar-refractivity contribution is 5.93. The molecular formula is C18H25N5O. The molecule has 1 saturated heterocycles. The van der Waals surface area contributed by atoms with Gasteiger partial charge in [-0.15, -0.1) is 0 Å². The second-order valence-corrected chi connectivity index (χ2v) is 6.06. The van der Waals surface area contributed by atoms with Crippen molar-refractivity contribution in [1.29, 1.82) is 0 Å². The van der Waals surface area contributed by atoms with Crippen molar-refractivity contribution in [2.75, 3.05) is 45.8 Å². The summed E-state index contributed by atoms with van der Waals surface area (Å²) in [6.45, 7) is 9.25. The topological polar surface area (TPSA) is 64.3 Å². The van der Waals surface area contributed by atoms with Crippen LogP contribution in [0, 0.1) is 0 Å². The number of likely N-dealkylation sites (N-methyl/N-ethyl adjacent to an activating group) is 1. The summed E-state index contributed by atoms with van der Waals surface area (Å²) in [4.78, 5) is 17.1. The van der Waals surface area contributed by atoms with Gasteiger partial charge in [0.2, 0.25) is 0 Å². The first kappa shape index (κ1) is 16.7. The van der Waals surface area contributed by atoms with E-state index in [9.17, 15) is 4.79 Å². The van der Waals surface area contributed by atoms with Crippen molar-refractivity contribution >= 4 is 5.91 Å². The molecule has 1 aromatic carbocycles. The molecule has 6 heteroatoms. The molecule has 3 rings (SSSR count). The van der Waals surface area contributed by atoms with Crippen molar-refractivity contribution in [2.45, 2.75) is 6.92 Å². The molecule has 1 fully saturated rings. The van der Waals surface area contributed by atoms with Crippen LogP contribution in [0.3, 0.4) is 0 Å². The number of piperazine rings is 1. The van der Waals surface area contributed by atoms with E-state index in [2.05, 4.69) is 32.2 Å². The Balaban J connectivity index is 1.45.